The first kappa shape index (κ1) is 21.0. The summed E-state index contributed by atoms with van der Waals surface area (Å²) in [4.78, 5) is 37.8. The molecule has 8 heteroatoms. The Balaban J connectivity index is 1.71. The fourth-order valence-electron chi connectivity index (χ4n) is 3.25. The molecular weight excluding hydrogens is 397 g/mol. The summed E-state index contributed by atoms with van der Waals surface area (Å²) in [6, 6.07) is 5.03. The molecule has 0 aliphatic heterocycles. The highest BCUT2D eigenvalue weighted by atomic mass is 32.1. The van der Waals surface area contributed by atoms with Gasteiger partial charge < -0.3 is 14.8 Å². The molecule has 1 atom stereocenters. The van der Waals surface area contributed by atoms with Crippen LogP contribution in [0.1, 0.15) is 51.4 Å². The summed E-state index contributed by atoms with van der Waals surface area (Å²) in [5.74, 6) is -1.91. The molecule has 3 rings (SSSR count). The number of carbonyl (C=O) groups is 3. The first-order valence-corrected chi connectivity index (χ1v) is 10.2. The van der Waals surface area contributed by atoms with Crippen LogP contribution in [0, 0.1) is 11.7 Å². The van der Waals surface area contributed by atoms with Gasteiger partial charge in [0, 0.05) is 4.88 Å². The van der Waals surface area contributed by atoms with E-state index in [1.807, 2.05) is 0 Å². The summed E-state index contributed by atoms with van der Waals surface area (Å²) >= 11 is 1.36. The van der Waals surface area contributed by atoms with E-state index in [1.54, 1.807) is 6.92 Å². The van der Waals surface area contributed by atoms with Crippen molar-refractivity contribution in [3.05, 3.63) is 51.7 Å². The molecule has 0 radical (unpaired) electrons. The molecule has 1 aromatic carbocycles. The Morgan fingerprint density at radius 2 is 2.03 bits per heavy atom. The second-order valence-electron chi connectivity index (χ2n) is 6.91. The number of carbonyl (C=O) groups excluding carboxylic acids is 3. The number of ether oxygens (including phenoxy) is 2. The molecule has 0 saturated carbocycles. The van der Waals surface area contributed by atoms with Crippen LogP contribution in [0.5, 0.6) is 0 Å². The molecule has 1 heterocycles. The predicted molar refractivity (Wildman–Crippen MR) is 107 cm³/mol. The summed E-state index contributed by atoms with van der Waals surface area (Å²) in [5, 5.41) is 3.08. The summed E-state index contributed by atoms with van der Waals surface area (Å²) < 4.78 is 23.3. The Morgan fingerprint density at radius 1 is 1.24 bits per heavy atom. The van der Waals surface area contributed by atoms with Gasteiger partial charge >= 0.3 is 11.9 Å². The molecule has 0 saturated heterocycles. The van der Waals surface area contributed by atoms with Crippen molar-refractivity contribution < 1.29 is 28.2 Å². The minimum atomic E-state index is -0.801. The number of anilines is 1. The van der Waals surface area contributed by atoms with Gasteiger partial charge in [-0.1, -0.05) is 13.0 Å². The monoisotopic (exact) mass is 419 g/mol. The van der Waals surface area contributed by atoms with Gasteiger partial charge in [-0.2, -0.15) is 0 Å². The topological polar surface area (TPSA) is 81.7 Å². The number of hydrogen-bond donors (Lipinski definition) is 1. The first-order chi connectivity index (χ1) is 13.9. The molecular formula is C21H22FNO5S. The fraction of sp³-hybridized carbons (Fsp3) is 0.381. The number of esters is 2. The normalized spacial score (nSPS) is 15.3. The minimum absolute atomic E-state index is 0.0191. The highest BCUT2D eigenvalue weighted by molar-refractivity contribution is 7.17. The highest BCUT2D eigenvalue weighted by Crippen LogP contribution is 2.40. The Labute approximate surface area is 172 Å². The van der Waals surface area contributed by atoms with E-state index in [2.05, 4.69) is 12.2 Å². The third-order valence-corrected chi connectivity index (χ3v) is 5.81. The van der Waals surface area contributed by atoms with Crippen LogP contribution >= 0.6 is 11.3 Å². The SMILES string of the molecule is CCOC(=O)c1c(NC(=O)COC(=O)c2cccc(F)c2)sc2c1CC[C@@H](C)C2. The molecule has 1 aliphatic rings. The van der Waals surface area contributed by atoms with Crippen molar-refractivity contribution in [3.63, 3.8) is 0 Å². The van der Waals surface area contributed by atoms with Gasteiger partial charge in [0.2, 0.25) is 0 Å². The van der Waals surface area contributed by atoms with E-state index >= 15 is 0 Å². The molecule has 1 aliphatic carbocycles. The predicted octanol–water partition coefficient (Wildman–Crippen LogP) is 3.98. The van der Waals surface area contributed by atoms with E-state index in [4.69, 9.17) is 9.47 Å². The Bertz CT molecular complexity index is 939. The third-order valence-electron chi connectivity index (χ3n) is 4.64. The highest BCUT2D eigenvalue weighted by Gasteiger charge is 2.29. The van der Waals surface area contributed by atoms with E-state index in [0.717, 1.165) is 35.8 Å². The van der Waals surface area contributed by atoms with Gasteiger partial charge in [-0.25, -0.2) is 14.0 Å². The smallest absolute Gasteiger partial charge is 0.341 e. The molecule has 0 bridgehead atoms. The molecule has 0 spiro atoms. The number of nitrogens with one attached hydrogen (secondary N) is 1. The number of rotatable bonds is 6. The van der Waals surface area contributed by atoms with Gasteiger partial charge in [0.15, 0.2) is 6.61 Å². The molecule has 29 heavy (non-hydrogen) atoms. The summed E-state index contributed by atoms with van der Waals surface area (Å²) in [7, 11) is 0. The number of fused-ring (bicyclic) bond motifs is 1. The molecule has 0 unspecified atom stereocenters. The van der Waals surface area contributed by atoms with Crippen LogP contribution in [0.4, 0.5) is 9.39 Å². The molecule has 1 aromatic heterocycles. The van der Waals surface area contributed by atoms with Crippen molar-refractivity contribution in [2.75, 3.05) is 18.5 Å². The maximum Gasteiger partial charge on any atom is 0.341 e. The summed E-state index contributed by atoms with van der Waals surface area (Å²) in [5.41, 5.74) is 1.34. The molecule has 2 aromatic rings. The van der Waals surface area contributed by atoms with Crippen molar-refractivity contribution in [2.45, 2.75) is 33.1 Å². The van der Waals surface area contributed by atoms with E-state index in [9.17, 15) is 18.8 Å². The lowest BCUT2D eigenvalue weighted by Gasteiger charge is -2.18. The van der Waals surface area contributed by atoms with Crippen LogP contribution in [0.3, 0.4) is 0 Å². The quantitative estimate of drug-likeness (QED) is 0.716. The van der Waals surface area contributed by atoms with Crippen LogP contribution in [-0.4, -0.2) is 31.1 Å². The average molecular weight is 419 g/mol. The van der Waals surface area contributed by atoms with Crippen molar-refractivity contribution in [2.24, 2.45) is 5.92 Å². The van der Waals surface area contributed by atoms with Gasteiger partial charge in [-0.3, -0.25) is 4.79 Å². The number of amides is 1. The standard InChI is InChI=1S/C21H22FNO5S/c1-3-27-21(26)18-15-8-7-12(2)9-16(15)29-19(18)23-17(24)11-28-20(25)13-5-4-6-14(22)10-13/h4-6,10,12H,3,7-9,11H2,1-2H3,(H,23,24)/t12-/m1/s1. The zero-order valence-corrected chi connectivity index (χ0v) is 17.1. The fourth-order valence-corrected chi connectivity index (χ4v) is 4.67. The van der Waals surface area contributed by atoms with Gasteiger partial charge in [0.05, 0.1) is 17.7 Å². The minimum Gasteiger partial charge on any atom is -0.462 e. The van der Waals surface area contributed by atoms with E-state index in [1.165, 1.54) is 29.5 Å². The van der Waals surface area contributed by atoms with E-state index in [-0.39, 0.29) is 12.2 Å². The van der Waals surface area contributed by atoms with Crippen molar-refractivity contribution in [1.29, 1.82) is 0 Å². The molecule has 1 amide bonds. The molecule has 6 nitrogen and oxygen atoms in total. The van der Waals surface area contributed by atoms with Gasteiger partial charge in [0.25, 0.3) is 5.91 Å². The summed E-state index contributed by atoms with van der Waals surface area (Å²) in [6.45, 7) is 3.56. The van der Waals surface area contributed by atoms with Crippen LogP contribution in [0.25, 0.3) is 0 Å². The number of hydrogen-bond acceptors (Lipinski definition) is 6. The van der Waals surface area contributed by atoms with Crippen molar-refractivity contribution in [3.8, 4) is 0 Å². The van der Waals surface area contributed by atoms with Crippen LogP contribution < -0.4 is 5.32 Å². The van der Waals surface area contributed by atoms with Crippen LogP contribution in [0.2, 0.25) is 0 Å². The number of thiophene rings is 1. The van der Waals surface area contributed by atoms with E-state index in [0.29, 0.717) is 16.5 Å². The zero-order chi connectivity index (χ0) is 21.0. The first-order valence-electron chi connectivity index (χ1n) is 9.43. The van der Waals surface area contributed by atoms with Crippen LogP contribution in [-0.2, 0) is 27.1 Å². The lowest BCUT2D eigenvalue weighted by molar-refractivity contribution is -0.119. The number of halogens is 1. The third kappa shape index (κ3) is 5.00. The largest absolute Gasteiger partial charge is 0.462 e. The van der Waals surface area contributed by atoms with Gasteiger partial charge in [-0.15, -0.1) is 11.3 Å². The van der Waals surface area contributed by atoms with Crippen molar-refractivity contribution in [1.82, 2.24) is 0 Å². The Morgan fingerprint density at radius 3 is 2.76 bits per heavy atom. The second kappa shape index (κ2) is 9.17. The van der Waals surface area contributed by atoms with Gasteiger partial charge in [-0.05, 0) is 55.9 Å². The van der Waals surface area contributed by atoms with Gasteiger partial charge in [0.1, 0.15) is 10.8 Å². The average Bonchev–Trinajstić information content (AvgIpc) is 3.03. The number of benzene rings is 1. The maximum atomic E-state index is 13.2. The Hall–Kier alpha value is -2.74. The summed E-state index contributed by atoms with van der Waals surface area (Å²) in [6.07, 6.45) is 2.57. The van der Waals surface area contributed by atoms with Crippen LogP contribution in [0.15, 0.2) is 24.3 Å². The van der Waals surface area contributed by atoms with Crippen molar-refractivity contribution >= 4 is 34.2 Å². The maximum absolute atomic E-state index is 13.2. The lowest BCUT2D eigenvalue weighted by atomic mass is 9.88. The molecule has 1 N–H and O–H groups in total. The molecule has 0 fully saturated rings. The second-order valence-corrected chi connectivity index (χ2v) is 8.02. The zero-order valence-electron chi connectivity index (χ0n) is 16.2. The lowest BCUT2D eigenvalue weighted by Crippen LogP contribution is -2.22. The molecule has 154 valence electrons. The van der Waals surface area contributed by atoms with E-state index < -0.39 is 30.3 Å². The Kier molecular flexibility index (Phi) is 6.64.